The summed E-state index contributed by atoms with van der Waals surface area (Å²) in [5, 5.41) is 0. The molecule has 0 aromatic heterocycles. The number of rotatable bonds is 2. The van der Waals surface area contributed by atoms with E-state index < -0.39 is 5.97 Å². The Morgan fingerprint density at radius 1 is 1.75 bits per heavy atom. The van der Waals surface area contributed by atoms with Gasteiger partial charge in [0.15, 0.2) is 0 Å². The third-order valence-electron chi connectivity index (χ3n) is 1.94. The lowest BCUT2D eigenvalue weighted by atomic mass is 10.1. The van der Waals surface area contributed by atoms with Crippen molar-refractivity contribution in [1.82, 2.24) is 0 Å². The smallest absolute Gasteiger partial charge is 0.384 e. The lowest BCUT2D eigenvalue weighted by molar-refractivity contribution is -0.133. The Kier molecular flexibility index (Phi) is 3.12. The van der Waals surface area contributed by atoms with Crippen LogP contribution >= 0.6 is 0 Å². The molecule has 0 amide bonds. The number of methoxy groups -OCH3 is 1. The van der Waals surface area contributed by atoms with Gasteiger partial charge in [-0.2, -0.15) is 0 Å². The second-order valence-electron chi connectivity index (χ2n) is 3.00. The second-order valence-corrected chi connectivity index (χ2v) is 3.00. The van der Waals surface area contributed by atoms with Crippen molar-refractivity contribution < 1.29 is 9.53 Å². The van der Waals surface area contributed by atoms with Crippen LogP contribution in [-0.4, -0.2) is 19.1 Å². The van der Waals surface area contributed by atoms with Crippen LogP contribution in [0.4, 0.5) is 0 Å². The van der Waals surface area contributed by atoms with Gasteiger partial charge in [0.1, 0.15) is 0 Å². The molecule has 1 aliphatic carbocycles. The van der Waals surface area contributed by atoms with Crippen LogP contribution in [0.25, 0.3) is 0 Å². The molecule has 0 aromatic carbocycles. The Morgan fingerprint density at radius 2 is 2.42 bits per heavy atom. The van der Waals surface area contributed by atoms with Crippen molar-refractivity contribution in [2.75, 3.05) is 7.11 Å². The first-order valence-electron chi connectivity index (χ1n) is 4.06. The Balaban J connectivity index is 2.20. The Hall–Kier alpha value is -1.01. The predicted molar refractivity (Wildman–Crippen MR) is 45.1 cm³/mol. The van der Waals surface area contributed by atoms with Gasteiger partial charge in [0.05, 0.1) is 7.11 Å². The SMILES string of the molecule is COC(=O)C#CCC(N)C1CC1. The molecule has 0 aliphatic heterocycles. The fraction of sp³-hybridized carbons (Fsp3) is 0.667. The average molecular weight is 167 g/mol. The van der Waals surface area contributed by atoms with Gasteiger partial charge in [0.25, 0.3) is 0 Å². The third kappa shape index (κ3) is 2.93. The number of carbonyl (C=O) groups is 1. The van der Waals surface area contributed by atoms with Crippen LogP contribution in [0.15, 0.2) is 0 Å². The molecule has 0 aromatic rings. The molecule has 0 bridgehead atoms. The van der Waals surface area contributed by atoms with Gasteiger partial charge < -0.3 is 10.5 Å². The summed E-state index contributed by atoms with van der Waals surface area (Å²) >= 11 is 0. The Labute approximate surface area is 72.3 Å². The maximum atomic E-state index is 10.5. The van der Waals surface area contributed by atoms with Crippen LogP contribution < -0.4 is 5.73 Å². The summed E-state index contributed by atoms with van der Waals surface area (Å²) in [7, 11) is 1.32. The van der Waals surface area contributed by atoms with E-state index in [0.29, 0.717) is 12.3 Å². The molecule has 0 spiro atoms. The van der Waals surface area contributed by atoms with Crippen LogP contribution in [0.3, 0.4) is 0 Å². The zero-order valence-electron chi connectivity index (χ0n) is 7.17. The van der Waals surface area contributed by atoms with Crippen molar-refractivity contribution in [3.05, 3.63) is 0 Å². The molecule has 1 aliphatic rings. The van der Waals surface area contributed by atoms with Crippen molar-refractivity contribution in [2.24, 2.45) is 11.7 Å². The van der Waals surface area contributed by atoms with Gasteiger partial charge in [-0.3, -0.25) is 0 Å². The molecule has 1 unspecified atom stereocenters. The second kappa shape index (κ2) is 4.13. The van der Waals surface area contributed by atoms with Crippen LogP contribution in [0.2, 0.25) is 0 Å². The quantitative estimate of drug-likeness (QED) is 0.365. The van der Waals surface area contributed by atoms with Crippen molar-refractivity contribution in [3.8, 4) is 11.8 Å². The van der Waals surface area contributed by atoms with E-state index in [2.05, 4.69) is 16.6 Å². The molecule has 12 heavy (non-hydrogen) atoms. The minimum Gasteiger partial charge on any atom is -0.459 e. The van der Waals surface area contributed by atoms with Crippen molar-refractivity contribution in [3.63, 3.8) is 0 Å². The topological polar surface area (TPSA) is 52.3 Å². The molecule has 0 heterocycles. The van der Waals surface area contributed by atoms with E-state index in [4.69, 9.17) is 5.73 Å². The lowest BCUT2D eigenvalue weighted by Crippen LogP contribution is -2.21. The van der Waals surface area contributed by atoms with Crippen LogP contribution in [0.5, 0.6) is 0 Å². The van der Waals surface area contributed by atoms with E-state index in [-0.39, 0.29) is 6.04 Å². The van der Waals surface area contributed by atoms with Crippen molar-refractivity contribution >= 4 is 5.97 Å². The molecule has 1 saturated carbocycles. The number of hydrogen-bond acceptors (Lipinski definition) is 3. The summed E-state index contributed by atoms with van der Waals surface area (Å²) in [6.07, 6.45) is 3.02. The highest BCUT2D eigenvalue weighted by atomic mass is 16.5. The molecule has 1 fully saturated rings. The van der Waals surface area contributed by atoms with Crippen molar-refractivity contribution in [1.29, 1.82) is 0 Å². The molecule has 1 rings (SSSR count). The van der Waals surface area contributed by atoms with Crippen molar-refractivity contribution in [2.45, 2.75) is 25.3 Å². The number of esters is 1. The molecular formula is C9H13NO2. The first kappa shape index (κ1) is 9.08. The highest BCUT2D eigenvalue weighted by molar-refractivity contribution is 5.88. The summed E-state index contributed by atoms with van der Waals surface area (Å²) in [5.74, 6) is 5.21. The Bertz CT molecular complexity index is 222. The fourth-order valence-corrected chi connectivity index (χ4v) is 0.983. The van der Waals surface area contributed by atoms with Gasteiger partial charge in [0, 0.05) is 18.4 Å². The van der Waals surface area contributed by atoms with E-state index in [1.165, 1.54) is 20.0 Å². The summed E-state index contributed by atoms with van der Waals surface area (Å²) in [6.45, 7) is 0. The van der Waals surface area contributed by atoms with Crippen LogP contribution in [-0.2, 0) is 9.53 Å². The summed E-state index contributed by atoms with van der Waals surface area (Å²) in [6, 6.07) is 0.141. The number of carbonyl (C=O) groups excluding carboxylic acids is 1. The van der Waals surface area contributed by atoms with Crippen LogP contribution in [0, 0.1) is 17.8 Å². The van der Waals surface area contributed by atoms with Gasteiger partial charge in [-0.25, -0.2) is 4.79 Å². The molecule has 0 saturated heterocycles. The van der Waals surface area contributed by atoms with Gasteiger partial charge in [-0.15, -0.1) is 0 Å². The molecular weight excluding hydrogens is 154 g/mol. The standard InChI is InChI=1S/C9H13NO2/c1-12-9(11)4-2-3-8(10)7-5-6-7/h7-8H,3,5-6,10H2,1H3. The zero-order valence-corrected chi connectivity index (χ0v) is 7.17. The van der Waals surface area contributed by atoms with Gasteiger partial charge in [-0.1, -0.05) is 5.92 Å². The molecule has 0 radical (unpaired) electrons. The third-order valence-corrected chi connectivity index (χ3v) is 1.94. The maximum absolute atomic E-state index is 10.5. The first-order valence-corrected chi connectivity index (χ1v) is 4.06. The van der Waals surface area contributed by atoms with Gasteiger partial charge >= 0.3 is 5.97 Å². The predicted octanol–water partition coefficient (Wildman–Crippen LogP) is 0.290. The maximum Gasteiger partial charge on any atom is 0.384 e. The average Bonchev–Trinajstić information content (AvgIpc) is 2.86. The van der Waals surface area contributed by atoms with E-state index in [1.807, 2.05) is 0 Å². The minimum absolute atomic E-state index is 0.141. The highest BCUT2D eigenvalue weighted by Gasteiger charge is 2.27. The Morgan fingerprint density at radius 3 is 2.92 bits per heavy atom. The molecule has 2 N–H and O–H groups in total. The molecule has 1 atom stereocenters. The van der Waals surface area contributed by atoms with E-state index in [0.717, 1.165) is 0 Å². The lowest BCUT2D eigenvalue weighted by Gasteiger charge is -2.02. The number of ether oxygens (including phenoxy) is 1. The zero-order chi connectivity index (χ0) is 8.97. The summed E-state index contributed by atoms with van der Waals surface area (Å²) < 4.78 is 4.35. The summed E-state index contributed by atoms with van der Waals surface area (Å²) in [5.41, 5.74) is 5.75. The molecule has 3 nitrogen and oxygen atoms in total. The normalized spacial score (nSPS) is 17.5. The highest BCUT2D eigenvalue weighted by Crippen LogP contribution is 2.32. The fourth-order valence-electron chi connectivity index (χ4n) is 0.983. The molecule has 66 valence electrons. The van der Waals surface area contributed by atoms with Gasteiger partial charge in [-0.05, 0) is 18.8 Å². The largest absolute Gasteiger partial charge is 0.459 e. The van der Waals surface area contributed by atoms with E-state index in [1.54, 1.807) is 0 Å². The minimum atomic E-state index is -0.488. The number of hydrogen-bond donors (Lipinski definition) is 1. The van der Waals surface area contributed by atoms with Gasteiger partial charge in [0.2, 0.25) is 0 Å². The monoisotopic (exact) mass is 167 g/mol. The van der Waals surface area contributed by atoms with E-state index >= 15 is 0 Å². The first-order chi connectivity index (χ1) is 5.74. The summed E-state index contributed by atoms with van der Waals surface area (Å²) in [4.78, 5) is 10.5. The van der Waals surface area contributed by atoms with Crippen LogP contribution in [0.1, 0.15) is 19.3 Å². The molecule has 3 heteroatoms. The van der Waals surface area contributed by atoms with E-state index in [9.17, 15) is 4.79 Å². The number of nitrogens with two attached hydrogens (primary N) is 1.